The Morgan fingerprint density at radius 2 is 1.76 bits per heavy atom. The summed E-state index contributed by atoms with van der Waals surface area (Å²) in [5.74, 6) is -0.549. The van der Waals surface area contributed by atoms with Gasteiger partial charge in [-0.05, 0) is 49.1 Å². The third-order valence-electron chi connectivity index (χ3n) is 7.19. The lowest BCUT2D eigenvalue weighted by Crippen LogP contribution is -2.57. The predicted octanol–water partition coefficient (Wildman–Crippen LogP) is 1.93. The van der Waals surface area contributed by atoms with Gasteiger partial charge in [-0.2, -0.15) is 0 Å². The molecule has 2 amide bonds. The van der Waals surface area contributed by atoms with Crippen molar-refractivity contribution < 1.29 is 19.1 Å². The number of amides is 2. The Morgan fingerprint density at radius 3 is 2.38 bits per heavy atom. The molecule has 0 saturated carbocycles. The number of Topliss-reactive ketones (excluding diaryl/α,β-unsaturated/α-hetero) is 1. The van der Waals surface area contributed by atoms with Crippen molar-refractivity contribution in [1.82, 2.24) is 15.1 Å². The molecule has 0 aromatic heterocycles. The van der Waals surface area contributed by atoms with E-state index >= 15 is 0 Å². The molecule has 0 aliphatic carbocycles. The quantitative estimate of drug-likeness (QED) is 0.684. The lowest BCUT2D eigenvalue weighted by atomic mass is 9.85. The summed E-state index contributed by atoms with van der Waals surface area (Å²) in [6.07, 6.45) is 1.61. The van der Waals surface area contributed by atoms with Crippen molar-refractivity contribution in [2.24, 2.45) is 5.41 Å². The molecule has 4 rings (SSSR count). The van der Waals surface area contributed by atoms with Gasteiger partial charge in [0.2, 0.25) is 5.91 Å². The Balaban J connectivity index is 1.41. The first-order chi connectivity index (χ1) is 16.2. The minimum Gasteiger partial charge on any atom is -0.369 e. The number of hydrogen-bond acceptors (Lipinski definition) is 6. The fourth-order valence-electron chi connectivity index (χ4n) is 5.24. The Hall–Kier alpha value is -2.45. The fourth-order valence-corrected chi connectivity index (χ4v) is 5.24. The number of benzene rings is 1. The zero-order valence-electron chi connectivity index (χ0n) is 20.9. The maximum absolute atomic E-state index is 13.5. The van der Waals surface area contributed by atoms with Gasteiger partial charge in [0.05, 0.1) is 6.10 Å². The number of likely N-dealkylation sites (tertiary alicyclic amines) is 1. The molecule has 1 N–H and O–H groups in total. The van der Waals surface area contributed by atoms with Crippen molar-refractivity contribution in [3.8, 4) is 0 Å². The molecule has 0 bridgehead atoms. The smallest absolute Gasteiger partial charge is 0.251 e. The van der Waals surface area contributed by atoms with Crippen LogP contribution in [0.3, 0.4) is 0 Å². The molecule has 1 aromatic rings. The van der Waals surface area contributed by atoms with E-state index in [4.69, 9.17) is 4.74 Å². The van der Waals surface area contributed by atoms with Gasteiger partial charge >= 0.3 is 0 Å². The molecule has 3 heterocycles. The second kappa shape index (κ2) is 10.0. The monoisotopic (exact) mass is 470 g/mol. The number of carbonyl (C=O) groups excluding carboxylic acids is 3. The molecule has 8 nitrogen and oxygen atoms in total. The van der Waals surface area contributed by atoms with E-state index in [2.05, 4.69) is 22.0 Å². The minimum absolute atomic E-state index is 0.0547. The summed E-state index contributed by atoms with van der Waals surface area (Å²) in [5, 5.41) is 2.96. The summed E-state index contributed by atoms with van der Waals surface area (Å²) in [6.45, 7) is 13.7. The van der Waals surface area contributed by atoms with Crippen LogP contribution in [0.1, 0.15) is 50.9 Å². The number of anilines is 1. The highest BCUT2D eigenvalue weighted by molar-refractivity contribution is 5.99. The number of piperazine rings is 1. The van der Waals surface area contributed by atoms with Crippen LogP contribution in [0.4, 0.5) is 5.69 Å². The van der Waals surface area contributed by atoms with Gasteiger partial charge in [-0.15, -0.1) is 0 Å². The van der Waals surface area contributed by atoms with Crippen LogP contribution >= 0.6 is 0 Å². The van der Waals surface area contributed by atoms with Gasteiger partial charge in [0, 0.05) is 44.0 Å². The van der Waals surface area contributed by atoms with Gasteiger partial charge in [0.25, 0.3) is 5.91 Å². The first-order valence-corrected chi connectivity index (χ1v) is 12.5. The van der Waals surface area contributed by atoms with Gasteiger partial charge in [0.15, 0.2) is 5.78 Å². The van der Waals surface area contributed by atoms with E-state index < -0.39 is 17.5 Å². The second-order valence-corrected chi connectivity index (χ2v) is 10.7. The average molecular weight is 471 g/mol. The summed E-state index contributed by atoms with van der Waals surface area (Å²) in [4.78, 5) is 45.3. The molecule has 1 unspecified atom stereocenters. The van der Waals surface area contributed by atoms with Crippen LogP contribution < -0.4 is 10.2 Å². The standard InChI is InChI=1S/C26H38N4O4/c1-5-11-28-13-15-29(16-14-28)19-8-6-18(7-9-19)24(32)27-23(26(2,3)4)25(33)30-12-10-21-22(30)20(31)17-34-21/h6-9,21-23H,5,10-17H2,1-4H3,(H,27,32)/t21-,22-,23?/m1/s1. The first-order valence-electron chi connectivity index (χ1n) is 12.5. The van der Waals surface area contributed by atoms with Crippen molar-refractivity contribution in [2.75, 3.05) is 50.8 Å². The Kier molecular flexibility index (Phi) is 7.28. The molecule has 3 saturated heterocycles. The summed E-state index contributed by atoms with van der Waals surface area (Å²) < 4.78 is 5.53. The van der Waals surface area contributed by atoms with Crippen LogP contribution in [0.5, 0.6) is 0 Å². The molecule has 0 spiro atoms. The van der Waals surface area contributed by atoms with Crippen molar-refractivity contribution >= 4 is 23.3 Å². The van der Waals surface area contributed by atoms with Gasteiger partial charge < -0.3 is 19.9 Å². The van der Waals surface area contributed by atoms with E-state index in [1.165, 1.54) is 6.42 Å². The average Bonchev–Trinajstić information content (AvgIpc) is 3.40. The van der Waals surface area contributed by atoms with E-state index in [1.54, 1.807) is 4.90 Å². The fraction of sp³-hybridized carbons (Fsp3) is 0.654. The predicted molar refractivity (Wildman–Crippen MR) is 131 cm³/mol. The number of carbonyl (C=O) groups is 3. The maximum Gasteiger partial charge on any atom is 0.251 e. The third kappa shape index (κ3) is 5.13. The number of nitrogens with one attached hydrogen (secondary N) is 1. The number of ether oxygens (including phenoxy) is 1. The van der Waals surface area contributed by atoms with Crippen LogP contribution in [0.15, 0.2) is 24.3 Å². The van der Waals surface area contributed by atoms with E-state index in [1.807, 2.05) is 45.0 Å². The molecule has 3 atom stereocenters. The van der Waals surface area contributed by atoms with Crippen LogP contribution in [0, 0.1) is 5.41 Å². The van der Waals surface area contributed by atoms with Gasteiger partial charge in [0.1, 0.15) is 18.7 Å². The topological polar surface area (TPSA) is 82.2 Å². The van der Waals surface area contributed by atoms with Crippen LogP contribution in [-0.2, 0) is 14.3 Å². The second-order valence-electron chi connectivity index (χ2n) is 10.7. The molecule has 186 valence electrons. The third-order valence-corrected chi connectivity index (χ3v) is 7.19. The van der Waals surface area contributed by atoms with E-state index in [0.29, 0.717) is 18.5 Å². The van der Waals surface area contributed by atoms with E-state index in [0.717, 1.165) is 38.4 Å². The highest BCUT2D eigenvalue weighted by Crippen LogP contribution is 2.30. The zero-order valence-corrected chi connectivity index (χ0v) is 20.9. The van der Waals surface area contributed by atoms with Gasteiger partial charge in [-0.1, -0.05) is 27.7 Å². The Bertz CT molecular complexity index is 902. The molecule has 3 fully saturated rings. The van der Waals surface area contributed by atoms with Gasteiger partial charge in [-0.3, -0.25) is 19.3 Å². The number of ketones is 1. The minimum atomic E-state index is -0.738. The summed E-state index contributed by atoms with van der Waals surface area (Å²) in [6, 6.07) is 6.36. The molecule has 34 heavy (non-hydrogen) atoms. The molecule has 3 aliphatic heterocycles. The van der Waals surface area contributed by atoms with E-state index in [-0.39, 0.29) is 30.3 Å². The van der Waals surface area contributed by atoms with Crippen molar-refractivity contribution in [3.63, 3.8) is 0 Å². The molecule has 3 aliphatic rings. The van der Waals surface area contributed by atoms with Crippen molar-refractivity contribution in [1.29, 1.82) is 0 Å². The SMILES string of the molecule is CCCN1CCN(c2ccc(C(=O)NC(C(=O)N3CC[C@H]4OCC(=O)[C@H]43)C(C)(C)C)cc2)CC1. The van der Waals surface area contributed by atoms with Crippen LogP contribution in [0.2, 0.25) is 0 Å². The summed E-state index contributed by atoms with van der Waals surface area (Å²) in [7, 11) is 0. The highest BCUT2D eigenvalue weighted by Gasteiger charge is 2.49. The molecular weight excluding hydrogens is 432 g/mol. The number of nitrogens with zero attached hydrogens (tertiary/aromatic N) is 3. The van der Waals surface area contributed by atoms with Gasteiger partial charge in [-0.25, -0.2) is 0 Å². The largest absolute Gasteiger partial charge is 0.369 e. The molecule has 0 radical (unpaired) electrons. The highest BCUT2D eigenvalue weighted by atomic mass is 16.5. The molecule has 8 heteroatoms. The summed E-state index contributed by atoms with van der Waals surface area (Å²) in [5.41, 5.74) is 1.12. The normalized spacial score (nSPS) is 24.3. The summed E-state index contributed by atoms with van der Waals surface area (Å²) >= 11 is 0. The lowest BCUT2D eigenvalue weighted by molar-refractivity contribution is -0.140. The molecule has 1 aromatic carbocycles. The zero-order chi connectivity index (χ0) is 24.5. The number of fused-ring (bicyclic) bond motifs is 1. The van der Waals surface area contributed by atoms with Crippen LogP contribution in [-0.4, -0.2) is 91.5 Å². The van der Waals surface area contributed by atoms with Crippen LogP contribution in [0.25, 0.3) is 0 Å². The Labute approximate surface area is 202 Å². The molecular formula is C26H38N4O4. The van der Waals surface area contributed by atoms with Crippen molar-refractivity contribution in [3.05, 3.63) is 29.8 Å². The lowest BCUT2D eigenvalue weighted by Gasteiger charge is -2.36. The number of hydrogen-bond donors (Lipinski definition) is 1. The van der Waals surface area contributed by atoms with Crippen molar-refractivity contribution in [2.45, 2.75) is 58.7 Å². The Morgan fingerprint density at radius 1 is 1.09 bits per heavy atom. The maximum atomic E-state index is 13.5. The first kappa shape index (κ1) is 24.7. The number of rotatable bonds is 6. The van der Waals surface area contributed by atoms with E-state index in [9.17, 15) is 14.4 Å².